The molecule has 3 aromatic rings. The molecular formula is C27H30F2N4O2. The van der Waals surface area contributed by atoms with Crippen LogP contribution in [-0.2, 0) is 9.59 Å². The van der Waals surface area contributed by atoms with Crippen molar-refractivity contribution in [2.24, 2.45) is 0 Å². The van der Waals surface area contributed by atoms with Crippen molar-refractivity contribution < 1.29 is 18.4 Å². The Bertz CT molecular complexity index is 1170. The fourth-order valence-electron chi connectivity index (χ4n) is 4.58. The Hall–Kier alpha value is -3.55. The molecule has 6 nitrogen and oxygen atoms in total. The van der Waals surface area contributed by atoms with Gasteiger partial charge in [-0.3, -0.25) is 9.59 Å². The number of aromatic nitrogens is 2. The molecule has 4 unspecified atom stereocenters. The van der Waals surface area contributed by atoms with Gasteiger partial charge in [-0.1, -0.05) is 56.3 Å². The van der Waals surface area contributed by atoms with E-state index in [1.54, 1.807) is 36.0 Å². The lowest BCUT2D eigenvalue weighted by atomic mass is 9.94. The van der Waals surface area contributed by atoms with Crippen LogP contribution in [0.15, 0.2) is 67.3 Å². The van der Waals surface area contributed by atoms with E-state index in [1.165, 1.54) is 17.3 Å². The van der Waals surface area contributed by atoms with Crippen LogP contribution >= 0.6 is 0 Å². The van der Waals surface area contributed by atoms with E-state index in [0.717, 1.165) is 5.56 Å². The molecule has 1 N–H and O–H groups in total. The highest BCUT2D eigenvalue weighted by Crippen LogP contribution is 2.29. The summed E-state index contributed by atoms with van der Waals surface area (Å²) in [6.45, 7) is 5.37. The number of hydrogen-bond acceptors (Lipinski definition) is 3. The van der Waals surface area contributed by atoms with Gasteiger partial charge in [0.05, 0.1) is 18.9 Å². The Morgan fingerprint density at radius 3 is 2.46 bits per heavy atom. The number of benzene rings is 2. The zero-order valence-electron chi connectivity index (χ0n) is 20.1. The highest BCUT2D eigenvalue weighted by Gasteiger charge is 2.42. The topological polar surface area (TPSA) is 67.2 Å². The third-order valence-corrected chi connectivity index (χ3v) is 6.56. The van der Waals surface area contributed by atoms with E-state index in [-0.39, 0.29) is 30.6 Å². The smallest absolute Gasteiger partial charge is 0.246 e. The number of likely N-dealkylation sites (tertiary alicyclic amines) is 1. The van der Waals surface area contributed by atoms with Crippen molar-refractivity contribution >= 4 is 11.8 Å². The number of nitrogens with one attached hydrogen (secondary N) is 1. The number of halogens is 2. The third kappa shape index (κ3) is 5.26. The zero-order valence-corrected chi connectivity index (χ0v) is 20.1. The van der Waals surface area contributed by atoms with Gasteiger partial charge < -0.3 is 14.8 Å². The van der Waals surface area contributed by atoms with Gasteiger partial charge in [-0.2, -0.15) is 0 Å². The van der Waals surface area contributed by atoms with Crippen molar-refractivity contribution in [3.63, 3.8) is 0 Å². The Balaban J connectivity index is 1.61. The van der Waals surface area contributed by atoms with E-state index in [1.807, 2.05) is 44.2 Å². The lowest BCUT2D eigenvalue weighted by Crippen LogP contribution is -2.48. The molecule has 1 aromatic heterocycles. The molecule has 4 rings (SSSR count). The van der Waals surface area contributed by atoms with Gasteiger partial charge in [0.25, 0.3) is 0 Å². The quantitative estimate of drug-likeness (QED) is 0.540. The van der Waals surface area contributed by atoms with E-state index in [0.29, 0.717) is 11.1 Å². The summed E-state index contributed by atoms with van der Waals surface area (Å²) < 4.78 is 30.9. The van der Waals surface area contributed by atoms with Crippen LogP contribution in [0.2, 0.25) is 0 Å². The van der Waals surface area contributed by atoms with E-state index in [2.05, 4.69) is 10.3 Å². The third-order valence-electron chi connectivity index (χ3n) is 6.56. The van der Waals surface area contributed by atoms with Crippen molar-refractivity contribution in [2.45, 2.75) is 57.4 Å². The van der Waals surface area contributed by atoms with Crippen LogP contribution in [0.5, 0.6) is 0 Å². The number of hydrogen-bond donors (Lipinski definition) is 1. The van der Waals surface area contributed by atoms with Crippen LogP contribution in [-0.4, -0.2) is 45.0 Å². The second-order valence-electron chi connectivity index (χ2n) is 9.31. The first-order valence-electron chi connectivity index (χ1n) is 11.8. The molecule has 0 spiro atoms. The predicted octanol–water partition coefficient (Wildman–Crippen LogP) is 4.55. The van der Waals surface area contributed by atoms with Crippen LogP contribution in [0.25, 0.3) is 0 Å². The summed E-state index contributed by atoms with van der Waals surface area (Å²) in [5, 5.41) is 2.96. The molecule has 0 saturated carbocycles. The van der Waals surface area contributed by atoms with Gasteiger partial charge in [-0.25, -0.2) is 13.8 Å². The zero-order chi connectivity index (χ0) is 25.1. The van der Waals surface area contributed by atoms with Crippen molar-refractivity contribution in [1.29, 1.82) is 0 Å². The van der Waals surface area contributed by atoms with E-state index in [4.69, 9.17) is 0 Å². The SMILES string of the molecule is CC(C)c1ccc(C(NC(=O)C2CC(F)CN2C(=O)C(C)n2ccnc2)c2ccccc2)cc1F. The fourth-order valence-corrected chi connectivity index (χ4v) is 4.58. The molecule has 8 heteroatoms. The molecule has 2 amide bonds. The molecule has 35 heavy (non-hydrogen) atoms. The second-order valence-corrected chi connectivity index (χ2v) is 9.31. The Kier molecular flexibility index (Phi) is 7.28. The van der Waals surface area contributed by atoms with Crippen molar-refractivity contribution in [1.82, 2.24) is 19.8 Å². The Labute approximate surface area is 204 Å². The molecular weight excluding hydrogens is 450 g/mol. The van der Waals surface area contributed by atoms with Gasteiger partial charge in [0.1, 0.15) is 24.1 Å². The molecule has 1 saturated heterocycles. The largest absolute Gasteiger partial charge is 0.343 e. The summed E-state index contributed by atoms with van der Waals surface area (Å²) in [7, 11) is 0. The number of carbonyl (C=O) groups excluding carboxylic acids is 2. The molecule has 1 aliphatic heterocycles. The standard InChI is InChI=1S/C27H30F2N4O2/c1-17(2)22-10-9-20(13-23(22)29)25(19-7-5-4-6-8-19)31-26(34)24-14-21(28)15-33(24)27(35)18(3)32-12-11-30-16-32/h4-13,16-18,21,24-25H,14-15H2,1-3H3,(H,31,34). The van der Waals surface area contributed by atoms with Gasteiger partial charge in [0.15, 0.2) is 0 Å². The normalized spacial score (nSPS) is 19.5. The highest BCUT2D eigenvalue weighted by molar-refractivity contribution is 5.90. The summed E-state index contributed by atoms with van der Waals surface area (Å²) in [6.07, 6.45) is 3.34. The van der Waals surface area contributed by atoms with Gasteiger partial charge >= 0.3 is 0 Å². The molecule has 184 valence electrons. The molecule has 0 bridgehead atoms. The Morgan fingerprint density at radius 2 is 1.83 bits per heavy atom. The summed E-state index contributed by atoms with van der Waals surface area (Å²) in [5.41, 5.74) is 1.93. The predicted molar refractivity (Wildman–Crippen MR) is 129 cm³/mol. The van der Waals surface area contributed by atoms with Crippen molar-refractivity contribution in [3.8, 4) is 0 Å². The first-order valence-corrected chi connectivity index (χ1v) is 11.8. The number of nitrogens with zero attached hydrogens (tertiary/aromatic N) is 3. The average Bonchev–Trinajstić information content (AvgIpc) is 3.52. The van der Waals surface area contributed by atoms with Crippen LogP contribution in [0.4, 0.5) is 8.78 Å². The molecule has 2 heterocycles. The maximum Gasteiger partial charge on any atom is 0.246 e. The van der Waals surface area contributed by atoms with Crippen molar-refractivity contribution in [3.05, 3.63) is 89.8 Å². The van der Waals surface area contributed by atoms with Gasteiger partial charge in [-0.05, 0) is 35.6 Å². The second kappa shape index (κ2) is 10.4. The van der Waals surface area contributed by atoms with Crippen LogP contribution in [0.3, 0.4) is 0 Å². The maximum atomic E-state index is 14.8. The molecule has 1 aliphatic rings. The molecule has 2 aromatic carbocycles. The molecule has 4 atom stereocenters. The highest BCUT2D eigenvalue weighted by atomic mass is 19.1. The Morgan fingerprint density at radius 1 is 1.09 bits per heavy atom. The van der Waals surface area contributed by atoms with Crippen LogP contribution < -0.4 is 5.32 Å². The van der Waals surface area contributed by atoms with Crippen molar-refractivity contribution in [2.75, 3.05) is 6.54 Å². The van der Waals surface area contributed by atoms with E-state index < -0.39 is 30.2 Å². The van der Waals surface area contributed by atoms with E-state index in [9.17, 15) is 18.4 Å². The van der Waals surface area contributed by atoms with Gasteiger partial charge in [-0.15, -0.1) is 0 Å². The minimum absolute atomic E-state index is 0.0193. The summed E-state index contributed by atoms with van der Waals surface area (Å²) in [5.74, 6) is -1.15. The maximum absolute atomic E-state index is 14.8. The fraction of sp³-hybridized carbons (Fsp3) is 0.370. The van der Waals surface area contributed by atoms with Crippen LogP contribution in [0, 0.1) is 5.82 Å². The number of carbonyl (C=O) groups is 2. The average molecular weight is 481 g/mol. The first-order chi connectivity index (χ1) is 16.8. The summed E-state index contributed by atoms with van der Waals surface area (Å²) in [6, 6.07) is 11.9. The molecule has 0 aliphatic carbocycles. The molecule has 1 fully saturated rings. The number of alkyl halides is 1. The monoisotopic (exact) mass is 480 g/mol. The van der Waals surface area contributed by atoms with Crippen LogP contribution in [0.1, 0.15) is 61.9 Å². The minimum atomic E-state index is -1.30. The summed E-state index contributed by atoms with van der Waals surface area (Å²) in [4.78, 5) is 31.9. The lowest BCUT2D eigenvalue weighted by Gasteiger charge is -2.29. The number of amides is 2. The van der Waals surface area contributed by atoms with Gasteiger partial charge in [0.2, 0.25) is 11.8 Å². The number of rotatable bonds is 7. The first kappa shape index (κ1) is 24.6. The molecule has 0 radical (unpaired) electrons. The lowest BCUT2D eigenvalue weighted by molar-refractivity contribution is -0.140. The van der Waals surface area contributed by atoms with E-state index >= 15 is 0 Å². The van der Waals surface area contributed by atoms with Gasteiger partial charge in [0, 0.05) is 18.8 Å². The number of imidazole rings is 1. The summed E-state index contributed by atoms with van der Waals surface area (Å²) >= 11 is 0. The minimum Gasteiger partial charge on any atom is -0.343 e.